The van der Waals surface area contributed by atoms with Gasteiger partial charge in [-0.3, -0.25) is 14.4 Å². The minimum atomic E-state index is -0.673. The van der Waals surface area contributed by atoms with E-state index in [2.05, 4.69) is 15.2 Å². The first-order chi connectivity index (χ1) is 19.4. The molecule has 0 unspecified atom stereocenters. The summed E-state index contributed by atoms with van der Waals surface area (Å²) in [5.74, 6) is 0.445. The molecule has 2 aliphatic heterocycles. The lowest BCUT2D eigenvalue weighted by Gasteiger charge is -2.43. The minimum Gasteiger partial charge on any atom is -0.366 e. The number of anilines is 1. The van der Waals surface area contributed by atoms with Crippen LogP contribution in [0.15, 0.2) is 79.0 Å². The molecule has 5 rings (SSSR count). The van der Waals surface area contributed by atoms with Gasteiger partial charge in [0.05, 0.1) is 17.0 Å². The van der Waals surface area contributed by atoms with Crippen molar-refractivity contribution in [1.29, 1.82) is 0 Å². The van der Waals surface area contributed by atoms with Gasteiger partial charge in [-0.1, -0.05) is 60.7 Å². The van der Waals surface area contributed by atoms with E-state index in [0.717, 1.165) is 42.9 Å². The van der Waals surface area contributed by atoms with Gasteiger partial charge in [0.25, 0.3) is 0 Å². The molecule has 3 N–H and O–H groups in total. The topological polar surface area (TPSA) is 109 Å². The summed E-state index contributed by atoms with van der Waals surface area (Å²) in [5.41, 5.74) is 7.10. The number of rotatable bonds is 7. The molecular formula is C32H37N5O3. The molecule has 0 aliphatic carbocycles. The van der Waals surface area contributed by atoms with Crippen LogP contribution in [0.25, 0.3) is 0 Å². The Kier molecular flexibility index (Phi) is 8.14. The molecule has 1 aromatic heterocycles. The number of nitrogens with zero attached hydrogens (tertiary/aromatic N) is 3. The van der Waals surface area contributed by atoms with Crippen LogP contribution in [0.4, 0.5) is 5.82 Å². The van der Waals surface area contributed by atoms with Gasteiger partial charge in [0.15, 0.2) is 0 Å². The number of carbonyl (C=O) groups excluding carboxylic acids is 3. The van der Waals surface area contributed by atoms with Crippen molar-refractivity contribution in [3.05, 3.63) is 95.7 Å². The average Bonchev–Trinajstić information content (AvgIpc) is 3.01. The van der Waals surface area contributed by atoms with Crippen LogP contribution in [0, 0.1) is 5.92 Å². The Morgan fingerprint density at radius 2 is 1.52 bits per heavy atom. The van der Waals surface area contributed by atoms with Crippen LogP contribution in [-0.4, -0.2) is 53.8 Å². The van der Waals surface area contributed by atoms with Gasteiger partial charge in [0.2, 0.25) is 17.7 Å². The van der Waals surface area contributed by atoms with E-state index in [-0.39, 0.29) is 23.8 Å². The van der Waals surface area contributed by atoms with E-state index in [1.165, 1.54) is 6.20 Å². The quantitative estimate of drug-likeness (QED) is 0.474. The van der Waals surface area contributed by atoms with E-state index in [1.807, 2.05) is 72.5 Å². The second kappa shape index (κ2) is 11.9. The minimum absolute atomic E-state index is 0.0188. The summed E-state index contributed by atoms with van der Waals surface area (Å²) in [5, 5.41) is 3.26. The van der Waals surface area contributed by atoms with Crippen molar-refractivity contribution in [2.24, 2.45) is 11.7 Å². The second-order valence-corrected chi connectivity index (χ2v) is 10.9. The normalized spacial score (nSPS) is 18.1. The number of aromatic nitrogens is 1. The SMILES string of the molecule is C[C@H](NC(=O)C1(c2ccccc2)CCN(C(=O)C2CCN(c3ccc(C(N)=O)cn3)CC2)CC1)c1ccccc1. The molecule has 8 heteroatoms. The van der Waals surface area contributed by atoms with E-state index in [1.54, 1.807) is 12.1 Å². The van der Waals surface area contributed by atoms with Crippen LogP contribution in [0.3, 0.4) is 0 Å². The van der Waals surface area contributed by atoms with Crippen LogP contribution in [0.1, 0.15) is 60.1 Å². The van der Waals surface area contributed by atoms with Gasteiger partial charge in [-0.2, -0.15) is 0 Å². The highest BCUT2D eigenvalue weighted by Gasteiger charge is 2.44. The lowest BCUT2D eigenvalue weighted by molar-refractivity contribution is -0.140. The Bertz CT molecular complexity index is 1310. The molecule has 208 valence electrons. The molecule has 3 heterocycles. The number of piperidine rings is 2. The summed E-state index contributed by atoms with van der Waals surface area (Å²) in [4.78, 5) is 47.2. The molecule has 3 amide bonds. The fourth-order valence-corrected chi connectivity index (χ4v) is 6.01. The number of nitrogens with one attached hydrogen (secondary N) is 1. The first-order valence-corrected chi connectivity index (χ1v) is 14.1. The predicted molar refractivity (Wildman–Crippen MR) is 155 cm³/mol. The zero-order chi connectivity index (χ0) is 28.1. The Labute approximate surface area is 235 Å². The van der Waals surface area contributed by atoms with Crippen molar-refractivity contribution in [3.8, 4) is 0 Å². The Hall–Kier alpha value is -4.20. The van der Waals surface area contributed by atoms with Crippen LogP contribution >= 0.6 is 0 Å². The fourth-order valence-electron chi connectivity index (χ4n) is 6.01. The lowest BCUT2D eigenvalue weighted by Crippen LogP contribution is -2.54. The van der Waals surface area contributed by atoms with Gasteiger partial charge in [-0.15, -0.1) is 0 Å². The smallest absolute Gasteiger partial charge is 0.250 e. The van der Waals surface area contributed by atoms with Crippen LogP contribution < -0.4 is 16.0 Å². The summed E-state index contributed by atoms with van der Waals surface area (Å²) in [6.45, 7) is 4.56. The number of carbonyl (C=O) groups is 3. The number of pyridine rings is 1. The lowest BCUT2D eigenvalue weighted by atomic mass is 9.71. The summed E-state index contributed by atoms with van der Waals surface area (Å²) >= 11 is 0. The van der Waals surface area contributed by atoms with Gasteiger partial charge in [-0.05, 0) is 55.9 Å². The Morgan fingerprint density at radius 3 is 2.10 bits per heavy atom. The van der Waals surface area contributed by atoms with Crippen LogP contribution in [-0.2, 0) is 15.0 Å². The number of hydrogen-bond donors (Lipinski definition) is 2. The fraction of sp³-hybridized carbons (Fsp3) is 0.375. The first kappa shape index (κ1) is 27.4. The van der Waals surface area contributed by atoms with Crippen LogP contribution in [0.5, 0.6) is 0 Å². The van der Waals surface area contributed by atoms with Gasteiger partial charge >= 0.3 is 0 Å². The monoisotopic (exact) mass is 539 g/mol. The molecule has 0 bridgehead atoms. The third-order valence-electron chi connectivity index (χ3n) is 8.54. The maximum absolute atomic E-state index is 13.9. The largest absolute Gasteiger partial charge is 0.366 e. The number of nitrogens with two attached hydrogens (primary N) is 1. The second-order valence-electron chi connectivity index (χ2n) is 10.9. The molecule has 2 fully saturated rings. The third kappa shape index (κ3) is 5.71. The molecule has 2 aliphatic rings. The van der Waals surface area contributed by atoms with Crippen LogP contribution in [0.2, 0.25) is 0 Å². The Morgan fingerprint density at radius 1 is 0.900 bits per heavy atom. The number of benzene rings is 2. The molecule has 3 aromatic rings. The number of primary amides is 1. The molecule has 40 heavy (non-hydrogen) atoms. The average molecular weight is 540 g/mol. The number of likely N-dealkylation sites (tertiary alicyclic amines) is 1. The summed E-state index contributed by atoms with van der Waals surface area (Å²) < 4.78 is 0. The predicted octanol–water partition coefficient (Wildman–Crippen LogP) is 3.83. The molecule has 0 radical (unpaired) electrons. The Balaban J connectivity index is 1.22. The van der Waals surface area contributed by atoms with Gasteiger partial charge in [0, 0.05) is 38.3 Å². The summed E-state index contributed by atoms with van der Waals surface area (Å²) in [6.07, 6.45) is 4.16. The molecule has 2 saturated heterocycles. The standard InChI is InChI=1S/C32H37N5O3/c1-23(24-8-4-2-5-9-24)35-31(40)32(27-10-6-3-7-11-27)16-20-37(21-17-32)30(39)25-14-18-36(19-15-25)28-13-12-26(22-34-28)29(33)38/h2-13,22-23,25H,14-21H2,1H3,(H2,33,38)(H,35,40)/t23-/m0/s1. The van der Waals surface area contributed by atoms with Crippen molar-refractivity contribution in [2.75, 3.05) is 31.1 Å². The summed E-state index contributed by atoms with van der Waals surface area (Å²) in [7, 11) is 0. The maximum Gasteiger partial charge on any atom is 0.250 e. The van der Waals surface area contributed by atoms with E-state index >= 15 is 0 Å². The molecular weight excluding hydrogens is 502 g/mol. The zero-order valence-corrected chi connectivity index (χ0v) is 23.0. The summed E-state index contributed by atoms with van der Waals surface area (Å²) in [6, 6.07) is 23.4. The van der Waals surface area contributed by atoms with Gasteiger partial charge in [0.1, 0.15) is 5.82 Å². The number of hydrogen-bond acceptors (Lipinski definition) is 5. The zero-order valence-electron chi connectivity index (χ0n) is 23.0. The van der Waals surface area contributed by atoms with Gasteiger partial charge in [-0.25, -0.2) is 4.98 Å². The highest BCUT2D eigenvalue weighted by Crippen LogP contribution is 2.37. The van der Waals surface area contributed by atoms with Crippen molar-refractivity contribution in [1.82, 2.24) is 15.2 Å². The van der Waals surface area contributed by atoms with Crippen molar-refractivity contribution >= 4 is 23.5 Å². The maximum atomic E-state index is 13.9. The third-order valence-corrected chi connectivity index (χ3v) is 8.54. The molecule has 0 spiro atoms. The van der Waals surface area contributed by atoms with E-state index in [4.69, 9.17) is 5.73 Å². The van der Waals surface area contributed by atoms with Crippen molar-refractivity contribution in [3.63, 3.8) is 0 Å². The molecule has 0 saturated carbocycles. The van der Waals surface area contributed by atoms with E-state index in [0.29, 0.717) is 31.5 Å². The van der Waals surface area contributed by atoms with Gasteiger partial charge < -0.3 is 20.9 Å². The first-order valence-electron chi connectivity index (χ1n) is 14.1. The number of amides is 3. The van der Waals surface area contributed by atoms with Crippen molar-refractivity contribution < 1.29 is 14.4 Å². The van der Waals surface area contributed by atoms with E-state index < -0.39 is 11.3 Å². The van der Waals surface area contributed by atoms with Crippen molar-refractivity contribution in [2.45, 2.75) is 44.1 Å². The molecule has 2 aromatic carbocycles. The highest BCUT2D eigenvalue weighted by molar-refractivity contribution is 5.92. The molecule has 8 nitrogen and oxygen atoms in total. The van der Waals surface area contributed by atoms with E-state index in [9.17, 15) is 14.4 Å². The molecule has 1 atom stereocenters. The highest BCUT2D eigenvalue weighted by atomic mass is 16.2.